The zero-order valence-electron chi connectivity index (χ0n) is 10.1. The van der Waals surface area contributed by atoms with Crippen molar-refractivity contribution in [3.8, 4) is 0 Å². The van der Waals surface area contributed by atoms with Crippen LogP contribution >= 0.6 is 0 Å². The molecule has 0 bridgehead atoms. The number of rotatable bonds is 6. The van der Waals surface area contributed by atoms with Crippen molar-refractivity contribution in [2.75, 3.05) is 19.4 Å². The summed E-state index contributed by atoms with van der Waals surface area (Å²) < 4.78 is 16.3. The first kappa shape index (κ1) is 15.1. The number of ether oxygens (including phenoxy) is 1. The molecule has 0 radical (unpaired) electrons. The third-order valence-corrected chi connectivity index (χ3v) is 3.96. The maximum atomic E-state index is 11.7. The normalized spacial score (nSPS) is 16.0. The van der Waals surface area contributed by atoms with Gasteiger partial charge in [0, 0.05) is 23.1 Å². The van der Waals surface area contributed by atoms with Crippen molar-refractivity contribution >= 4 is 22.7 Å². The predicted octanol–water partition coefficient (Wildman–Crippen LogP) is 0.0688. The molecule has 0 saturated carbocycles. The fourth-order valence-electron chi connectivity index (χ4n) is 1.10. The van der Waals surface area contributed by atoms with Crippen LogP contribution in [0.15, 0.2) is 0 Å². The van der Waals surface area contributed by atoms with Gasteiger partial charge in [0.1, 0.15) is 5.25 Å². The van der Waals surface area contributed by atoms with Crippen LogP contribution in [0.4, 0.5) is 0 Å². The van der Waals surface area contributed by atoms with Crippen molar-refractivity contribution in [2.45, 2.75) is 26.0 Å². The van der Waals surface area contributed by atoms with Gasteiger partial charge in [0.25, 0.3) is 0 Å². The van der Waals surface area contributed by atoms with Crippen LogP contribution in [0.1, 0.15) is 20.8 Å². The van der Waals surface area contributed by atoms with Gasteiger partial charge in [-0.05, 0) is 13.8 Å². The fraction of sp³-hybridized carbons (Fsp3) is 0.800. The van der Waals surface area contributed by atoms with Gasteiger partial charge in [0.05, 0.1) is 13.0 Å². The van der Waals surface area contributed by atoms with Crippen LogP contribution in [0, 0.1) is 5.92 Å². The maximum absolute atomic E-state index is 11.7. The Morgan fingerprint density at radius 1 is 1.38 bits per heavy atom. The Morgan fingerprint density at radius 2 is 1.94 bits per heavy atom. The van der Waals surface area contributed by atoms with Gasteiger partial charge in [0.15, 0.2) is 0 Å². The summed E-state index contributed by atoms with van der Waals surface area (Å²) in [6.07, 6.45) is 0. The largest absolute Gasteiger partial charge is 0.469 e. The highest BCUT2D eigenvalue weighted by Gasteiger charge is 2.24. The number of hydrogen-bond donors (Lipinski definition) is 1. The molecule has 0 aromatic rings. The molecular weight excluding hydrogens is 230 g/mol. The van der Waals surface area contributed by atoms with E-state index in [0.29, 0.717) is 6.54 Å². The Bertz CT molecular complexity index is 280. The molecule has 1 N–H and O–H groups in total. The maximum Gasteiger partial charge on any atom is 0.309 e. The Labute approximate surface area is 98.4 Å². The molecule has 5 nitrogen and oxygen atoms in total. The van der Waals surface area contributed by atoms with Gasteiger partial charge >= 0.3 is 5.97 Å². The third-order valence-electron chi connectivity index (χ3n) is 2.13. The van der Waals surface area contributed by atoms with Gasteiger partial charge < -0.3 is 10.1 Å². The van der Waals surface area contributed by atoms with E-state index in [0.717, 1.165) is 0 Å². The standard InChI is InChI=1S/C10H19NO4S/c1-5-11-9(12)8(3)16(14)6-7(2)10(13)15-4/h7-8H,5-6H2,1-4H3,(H,11,12). The van der Waals surface area contributed by atoms with E-state index in [1.54, 1.807) is 20.8 Å². The second-order valence-electron chi connectivity index (χ2n) is 3.51. The summed E-state index contributed by atoms with van der Waals surface area (Å²) >= 11 is 0. The average Bonchev–Trinajstić information content (AvgIpc) is 2.26. The Kier molecular flexibility index (Phi) is 6.96. The van der Waals surface area contributed by atoms with Gasteiger partial charge in [-0.2, -0.15) is 0 Å². The zero-order chi connectivity index (χ0) is 12.7. The molecule has 94 valence electrons. The van der Waals surface area contributed by atoms with Crippen molar-refractivity contribution in [1.29, 1.82) is 0 Å². The molecule has 0 aromatic heterocycles. The molecule has 3 atom stereocenters. The summed E-state index contributed by atoms with van der Waals surface area (Å²) in [5.74, 6) is -0.970. The summed E-state index contributed by atoms with van der Waals surface area (Å²) in [5, 5.41) is 1.99. The molecule has 0 aliphatic heterocycles. The van der Waals surface area contributed by atoms with E-state index in [2.05, 4.69) is 10.1 Å². The minimum atomic E-state index is -1.36. The van der Waals surface area contributed by atoms with Crippen molar-refractivity contribution < 1.29 is 18.5 Å². The van der Waals surface area contributed by atoms with Crippen LogP contribution < -0.4 is 5.32 Å². The first-order valence-corrected chi connectivity index (χ1v) is 6.54. The van der Waals surface area contributed by atoms with E-state index in [4.69, 9.17) is 0 Å². The van der Waals surface area contributed by atoms with Crippen molar-refractivity contribution in [1.82, 2.24) is 5.32 Å². The molecule has 3 unspecified atom stereocenters. The quantitative estimate of drug-likeness (QED) is 0.676. The van der Waals surface area contributed by atoms with Crippen LogP contribution in [-0.4, -0.2) is 40.7 Å². The Balaban J connectivity index is 4.25. The number of nitrogens with one attached hydrogen (secondary N) is 1. The number of hydrogen-bond acceptors (Lipinski definition) is 4. The van der Waals surface area contributed by atoms with Crippen LogP contribution in [0.2, 0.25) is 0 Å². The van der Waals surface area contributed by atoms with Crippen LogP contribution in [0.5, 0.6) is 0 Å². The van der Waals surface area contributed by atoms with Crippen molar-refractivity contribution in [3.63, 3.8) is 0 Å². The molecular formula is C10H19NO4S. The molecule has 1 amide bonds. The van der Waals surface area contributed by atoms with Gasteiger partial charge in [0.2, 0.25) is 5.91 Å². The van der Waals surface area contributed by atoms with Crippen LogP contribution in [0.25, 0.3) is 0 Å². The van der Waals surface area contributed by atoms with Gasteiger partial charge in [-0.25, -0.2) is 0 Å². The number of carbonyl (C=O) groups excluding carboxylic acids is 2. The fourth-order valence-corrected chi connectivity index (χ4v) is 2.34. The molecule has 16 heavy (non-hydrogen) atoms. The first-order valence-electron chi connectivity index (χ1n) is 5.16. The lowest BCUT2D eigenvalue weighted by molar-refractivity contribution is -0.144. The van der Waals surface area contributed by atoms with Crippen LogP contribution in [0.3, 0.4) is 0 Å². The minimum absolute atomic E-state index is 0.144. The third kappa shape index (κ3) is 4.74. The van der Waals surface area contributed by atoms with Crippen LogP contribution in [-0.2, 0) is 25.1 Å². The van der Waals surface area contributed by atoms with Gasteiger partial charge in [-0.3, -0.25) is 13.8 Å². The van der Waals surface area contributed by atoms with Crippen molar-refractivity contribution in [2.24, 2.45) is 5.92 Å². The SMILES string of the molecule is CCNC(=O)C(C)S(=O)CC(C)C(=O)OC. The lowest BCUT2D eigenvalue weighted by Gasteiger charge is -2.13. The highest BCUT2D eigenvalue weighted by molar-refractivity contribution is 7.86. The smallest absolute Gasteiger partial charge is 0.309 e. The van der Waals surface area contributed by atoms with E-state index < -0.39 is 27.9 Å². The minimum Gasteiger partial charge on any atom is -0.469 e. The highest BCUT2D eigenvalue weighted by Crippen LogP contribution is 2.05. The van der Waals surface area contributed by atoms with Gasteiger partial charge in [-0.1, -0.05) is 6.92 Å². The van der Waals surface area contributed by atoms with E-state index >= 15 is 0 Å². The van der Waals surface area contributed by atoms with E-state index in [9.17, 15) is 13.8 Å². The molecule has 0 rings (SSSR count). The average molecular weight is 249 g/mol. The van der Waals surface area contributed by atoms with E-state index in [-0.39, 0.29) is 11.7 Å². The first-order chi connectivity index (χ1) is 7.43. The topological polar surface area (TPSA) is 72.5 Å². The number of methoxy groups -OCH3 is 1. The van der Waals surface area contributed by atoms with E-state index in [1.807, 2.05) is 0 Å². The zero-order valence-corrected chi connectivity index (χ0v) is 10.9. The van der Waals surface area contributed by atoms with Crippen molar-refractivity contribution in [3.05, 3.63) is 0 Å². The Morgan fingerprint density at radius 3 is 2.38 bits per heavy atom. The lowest BCUT2D eigenvalue weighted by Crippen LogP contribution is -2.37. The molecule has 6 heteroatoms. The van der Waals surface area contributed by atoms with Gasteiger partial charge in [-0.15, -0.1) is 0 Å². The lowest BCUT2D eigenvalue weighted by atomic mass is 10.2. The second-order valence-corrected chi connectivity index (χ2v) is 5.31. The predicted molar refractivity (Wildman–Crippen MR) is 62.3 cm³/mol. The number of carbonyl (C=O) groups is 2. The number of esters is 1. The highest BCUT2D eigenvalue weighted by atomic mass is 32.2. The monoisotopic (exact) mass is 249 g/mol. The molecule has 0 fully saturated rings. The molecule has 0 aliphatic carbocycles. The molecule has 0 aromatic carbocycles. The summed E-state index contributed by atoms with van der Waals surface area (Å²) in [6, 6.07) is 0. The second kappa shape index (κ2) is 7.38. The molecule has 0 spiro atoms. The summed E-state index contributed by atoms with van der Waals surface area (Å²) in [7, 11) is -0.0748. The molecule has 0 aliphatic rings. The molecule has 0 heterocycles. The summed E-state index contributed by atoms with van der Waals surface area (Å²) in [6.45, 7) is 5.52. The van der Waals surface area contributed by atoms with E-state index in [1.165, 1.54) is 7.11 Å². The summed E-state index contributed by atoms with van der Waals surface area (Å²) in [5.41, 5.74) is 0. The molecule has 0 saturated heterocycles. The Hall–Kier alpha value is -0.910. The summed E-state index contributed by atoms with van der Waals surface area (Å²) in [4.78, 5) is 22.5. The number of amides is 1.